The van der Waals surface area contributed by atoms with Crippen molar-refractivity contribution < 1.29 is 17.6 Å². The van der Waals surface area contributed by atoms with Crippen molar-refractivity contribution in [3.8, 4) is 0 Å². The van der Waals surface area contributed by atoms with Crippen LogP contribution < -0.4 is 16.0 Å². The number of nitrogens with zero attached hydrogens (tertiary/aromatic N) is 1. The van der Waals surface area contributed by atoms with Gasteiger partial charge < -0.3 is 16.0 Å². The molecule has 1 atom stereocenters. The predicted octanol–water partition coefficient (Wildman–Crippen LogP) is 1.19. The molecule has 1 aromatic rings. The fourth-order valence-corrected chi connectivity index (χ4v) is 4.31. The number of halogens is 2. The number of carbonyl (C=O) groups is 1. The zero-order valence-electron chi connectivity index (χ0n) is 15.2. The summed E-state index contributed by atoms with van der Waals surface area (Å²) in [6.45, 7) is 3.07. The number of hydrogen-bond donors (Lipinski definition) is 3. The Bertz CT molecular complexity index is 758. The third kappa shape index (κ3) is 8.41. The van der Waals surface area contributed by atoms with Crippen molar-refractivity contribution in [2.24, 2.45) is 4.99 Å². The van der Waals surface area contributed by atoms with Crippen LogP contribution in [0.4, 0.5) is 4.39 Å². The Kier molecular flexibility index (Phi) is 9.99. The first-order valence-electron chi connectivity index (χ1n) is 8.65. The van der Waals surface area contributed by atoms with Gasteiger partial charge in [0.15, 0.2) is 15.8 Å². The zero-order chi connectivity index (χ0) is 19.0. The van der Waals surface area contributed by atoms with E-state index in [0.29, 0.717) is 31.0 Å². The molecule has 152 valence electrons. The lowest BCUT2D eigenvalue weighted by Gasteiger charge is -2.13. The van der Waals surface area contributed by atoms with E-state index in [-0.39, 0.29) is 66.2 Å². The van der Waals surface area contributed by atoms with Gasteiger partial charge in [0.2, 0.25) is 5.91 Å². The number of nitrogens with one attached hydrogen (secondary N) is 3. The van der Waals surface area contributed by atoms with Gasteiger partial charge in [-0.25, -0.2) is 17.8 Å². The van der Waals surface area contributed by atoms with Gasteiger partial charge in [0.25, 0.3) is 0 Å². The molecule has 0 saturated carbocycles. The molecule has 7 nitrogen and oxygen atoms in total. The maximum atomic E-state index is 13.6. The summed E-state index contributed by atoms with van der Waals surface area (Å²) in [6.07, 6.45) is 0.662. The molecule has 27 heavy (non-hydrogen) atoms. The van der Waals surface area contributed by atoms with Crippen molar-refractivity contribution in [3.05, 3.63) is 35.6 Å². The first-order chi connectivity index (χ1) is 12.4. The Morgan fingerprint density at radius 2 is 2.04 bits per heavy atom. The Morgan fingerprint density at radius 1 is 1.30 bits per heavy atom. The fourth-order valence-electron chi connectivity index (χ4n) is 2.64. The smallest absolute Gasteiger partial charge is 0.222 e. The molecule has 0 bridgehead atoms. The summed E-state index contributed by atoms with van der Waals surface area (Å²) in [5.74, 6) is 0.122. The van der Waals surface area contributed by atoms with Crippen LogP contribution in [0.1, 0.15) is 25.3 Å². The van der Waals surface area contributed by atoms with Crippen LogP contribution in [0.25, 0.3) is 0 Å². The number of amides is 1. The highest BCUT2D eigenvalue weighted by atomic mass is 127. The molecule has 1 amide bonds. The van der Waals surface area contributed by atoms with Crippen LogP contribution in [-0.2, 0) is 21.2 Å². The van der Waals surface area contributed by atoms with Gasteiger partial charge in [-0.15, -0.1) is 24.0 Å². The first-order valence-corrected chi connectivity index (χ1v) is 10.5. The van der Waals surface area contributed by atoms with Crippen LogP contribution in [0.3, 0.4) is 0 Å². The van der Waals surface area contributed by atoms with Crippen molar-refractivity contribution in [2.45, 2.75) is 32.4 Å². The van der Waals surface area contributed by atoms with Gasteiger partial charge in [0.05, 0.1) is 18.1 Å². The van der Waals surface area contributed by atoms with E-state index in [1.807, 2.05) is 6.92 Å². The molecule has 10 heteroatoms. The summed E-state index contributed by atoms with van der Waals surface area (Å²) < 4.78 is 36.4. The second-order valence-electron chi connectivity index (χ2n) is 6.13. The molecule has 1 heterocycles. The van der Waals surface area contributed by atoms with Crippen LogP contribution in [0.2, 0.25) is 0 Å². The number of carbonyl (C=O) groups excluding carboxylic acids is 1. The van der Waals surface area contributed by atoms with Crippen molar-refractivity contribution in [3.63, 3.8) is 0 Å². The topological polar surface area (TPSA) is 99.7 Å². The minimum atomic E-state index is -3.01. The summed E-state index contributed by atoms with van der Waals surface area (Å²) in [6, 6.07) is 6.14. The highest BCUT2D eigenvalue weighted by Crippen LogP contribution is 2.11. The number of aliphatic imine (C=N–C) groups is 1. The highest BCUT2D eigenvalue weighted by molar-refractivity contribution is 14.0. The largest absolute Gasteiger partial charge is 0.357 e. The first kappa shape index (κ1) is 23.6. The van der Waals surface area contributed by atoms with Gasteiger partial charge in [-0.05, 0) is 19.4 Å². The van der Waals surface area contributed by atoms with Gasteiger partial charge >= 0.3 is 0 Å². The van der Waals surface area contributed by atoms with Gasteiger partial charge in [0, 0.05) is 31.1 Å². The third-order valence-electron chi connectivity index (χ3n) is 3.95. The summed E-state index contributed by atoms with van der Waals surface area (Å²) >= 11 is 0. The van der Waals surface area contributed by atoms with E-state index in [1.165, 1.54) is 6.07 Å². The molecule has 3 N–H and O–H groups in total. The van der Waals surface area contributed by atoms with E-state index in [0.717, 1.165) is 0 Å². The minimum Gasteiger partial charge on any atom is -0.357 e. The molecule has 1 aromatic carbocycles. The molecular formula is C17H26FIN4O3S. The Morgan fingerprint density at radius 3 is 2.67 bits per heavy atom. The van der Waals surface area contributed by atoms with Gasteiger partial charge in [-0.1, -0.05) is 18.2 Å². The summed E-state index contributed by atoms with van der Waals surface area (Å²) in [5.41, 5.74) is 0.491. The van der Waals surface area contributed by atoms with Crippen LogP contribution in [-0.4, -0.2) is 50.9 Å². The molecule has 1 aliphatic heterocycles. The average molecular weight is 512 g/mol. The Balaban J connectivity index is 0.00000364. The molecular weight excluding hydrogens is 486 g/mol. The lowest BCUT2D eigenvalue weighted by Crippen LogP contribution is -2.41. The summed E-state index contributed by atoms with van der Waals surface area (Å²) in [5, 5.41) is 8.79. The standard InChI is InChI=1S/C17H25FN4O3S.HI/c1-2-19-17(21-11-13-5-3-4-6-15(13)18)20-9-7-16(23)22-14-8-10-26(24,25)12-14;/h3-6,14H,2,7-12H2,1H3,(H,22,23)(H2,19,20,21);1H. The van der Waals surface area contributed by atoms with Crippen molar-refractivity contribution >= 4 is 45.7 Å². The summed E-state index contributed by atoms with van der Waals surface area (Å²) in [7, 11) is -3.01. The maximum Gasteiger partial charge on any atom is 0.222 e. The van der Waals surface area contributed by atoms with Gasteiger partial charge in [-0.2, -0.15) is 0 Å². The quantitative estimate of drug-likeness (QED) is 0.290. The van der Waals surface area contributed by atoms with Crippen LogP contribution in [0.5, 0.6) is 0 Å². The number of rotatable bonds is 7. The number of benzene rings is 1. The second kappa shape index (κ2) is 11.4. The van der Waals surface area contributed by atoms with Crippen LogP contribution in [0, 0.1) is 5.82 Å². The molecule has 1 aliphatic rings. The van der Waals surface area contributed by atoms with Crippen molar-refractivity contribution in [1.82, 2.24) is 16.0 Å². The molecule has 0 spiro atoms. The molecule has 1 fully saturated rings. The monoisotopic (exact) mass is 512 g/mol. The number of guanidine groups is 1. The molecule has 1 unspecified atom stereocenters. The molecule has 1 saturated heterocycles. The second-order valence-corrected chi connectivity index (χ2v) is 8.36. The van der Waals surface area contributed by atoms with Gasteiger partial charge in [-0.3, -0.25) is 4.79 Å². The minimum absolute atomic E-state index is 0. The van der Waals surface area contributed by atoms with E-state index >= 15 is 0 Å². The molecule has 0 radical (unpaired) electrons. The summed E-state index contributed by atoms with van der Waals surface area (Å²) in [4.78, 5) is 16.2. The fraction of sp³-hybridized carbons (Fsp3) is 0.529. The average Bonchev–Trinajstić information content (AvgIpc) is 2.92. The van der Waals surface area contributed by atoms with Crippen molar-refractivity contribution in [2.75, 3.05) is 24.6 Å². The predicted molar refractivity (Wildman–Crippen MR) is 114 cm³/mol. The number of hydrogen-bond acceptors (Lipinski definition) is 4. The Labute approximate surface area is 176 Å². The van der Waals surface area contributed by atoms with Gasteiger partial charge in [0.1, 0.15) is 5.82 Å². The molecule has 0 aliphatic carbocycles. The SMILES string of the molecule is CCNC(=NCc1ccccc1F)NCCC(=O)NC1CCS(=O)(=O)C1.I. The van der Waals surface area contributed by atoms with Crippen molar-refractivity contribution in [1.29, 1.82) is 0 Å². The molecule has 0 aromatic heterocycles. The van der Waals surface area contributed by atoms with Crippen LogP contribution >= 0.6 is 24.0 Å². The van der Waals surface area contributed by atoms with E-state index in [9.17, 15) is 17.6 Å². The van der Waals surface area contributed by atoms with E-state index in [4.69, 9.17) is 0 Å². The van der Waals surface area contributed by atoms with Crippen LogP contribution in [0.15, 0.2) is 29.3 Å². The van der Waals surface area contributed by atoms with E-state index < -0.39 is 9.84 Å². The lowest BCUT2D eigenvalue weighted by atomic mass is 10.2. The maximum absolute atomic E-state index is 13.6. The third-order valence-corrected chi connectivity index (χ3v) is 5.72. The highest BCUT2D eigenvalue weighted by Gasteiger charge is 2.28. The Hall–Kier alpha value is -1.43. The van der Waals surface area contributed by atoms with E-state index in [2.05, 4.69) is 20.9 Å². The normalized spacial score (nSPS) is 18.4. The zero-order valence-corrected chi connectivity index (χ0v) is 18.3. The number of sulfone groups is 1. The molecule has 2 rings (SSSR count). The lowest BCUT2D eigenvalue weighted by molar-refractivity contribution is -0.121. The van der Waals surface area contributed by atoms with E-state index in [1.54, 1.807) is 18.2 Å².